The molecule has 0 bridgehead atoms. The lowest BCUT2D eigenvalue weighted by Crippen LogP contribution is -2.15. The van der Waals surface area contributed by atoms with E-state index < -0.39 is 5.97 Å². The van der Waals surface area contributed by atoms with Gasteiger partial charge in [0.15, 0.2) is 5.65 Å². The molecule has 4 rings (SSSR count). The third-order valence-corrected chi connectivity index (χ3v) is 5.64. The minimum Gasteiger partial charge on any atom is -0.456 e. The Kier molecular flexibility index (Phi) is 5.77. The van der Waals surface area contributed by atoms with Crippen molar-refractivity contribution in [2.75, 3.05) is 5.32 Å². The lowest BCUT2D eigenvalue weighted by Gasteiger charge is -2.08. The molecule has 0 aliphatic heterocycles. The van der Waals surface area contributed by atoms with Crippen molar-refractivity contribution < 1.29 is 14.3 Å². The van der Waals surface area contributed by atoms with Gasteiger partial charge >= 0.3 is 5.97 Å². The summed E-state index contributed by atoms with van der Waals surface area (Å²) in [6, 6.07) is 9.29. The fourth-order valence-corrected chi connectivity index (χ4v) is 3.82. The van der Waals surface area contributed by atoms with E-state index in [1.807, 2.05) is 39.0 Å². The Morgan fingerprint density at radius 1 is 1.13 bits per heavy atom. The number of hydrogen-bond acceptors (Lipinski definition) is 7. The van der Waals surface area contributed by atoms with Crippen LogP contribution >= 0.6 is 11.3 Å². The van der Waals surface area contributed by atoms with Gasteiger partial charge in [0.05, 0.1) is 17.7 Å². The van der Waals surface area contributed by atoms with Gasteiger partial charge in [-0.3, -0.25) is 9.20 Å². The number of pyridine rings is 1. The van der Waals surface area contributed by atoms with Gasteiger partial charge in [-0.1, -0.05) is 12.1 Å². The quantitative estimate of drug-likeness (QED) is 0.464. The van der Waals surface area contributed by atoms with Crippen molar-refractivity contribution >= 4 is 34.5 Å². The summed E-state index contributed by atoms with van der Waals surface area (Å²) in [6.45, 7) is 5.78. The maximum absolute atomic E-state index is 12.4. The monoisotopic (exact) mass is 435 g/mol. The number of anilines is 1. The van der Waals surface area contributed by atoms with Crippen LogP contribution in [-0.4, -0.2) is 31.5 Å². The average molecular weight is 436 g/mol. The second-order valence-corrected chi connectivity index (χ2v) is 8.19. The summed E-state index contributed by atoms with van der Waals surface area (Å²) >= 11 is 1.36. The molecule has 3 aromatic heterocycles. The molecule has 0 saturated heterocycles. The summed E-state index contributed by atoms with van der Waals surface area (Å²) in [6.07, 6.45) is 1.81. The van der Waals surface area contributed by atoms with Gasteiger partial charge in [0.2, 0.25) is 5.91 Å². The van der Waals surface area contributed by atoms with Gasteiger partial charge in [0.25, 0.3) is 0 Å². The van der Waals surface area contributed by atoms with Crippen LogP contribution in [0.2, 0.25) is 0 Å². The molecule has 0 saturated carbocycles. The lowest BCUT2D eigenvalue weighted by atomic mass is 10.1. The maximum atomic E-state index is 12.4. The molecular weight excluding hydrogens is 414 g/mol. The van der Waals surface area contributed by atoms with Crippen molar-refractivity contribution in [1.29, 1.82) is 0 Å². The molecule has 0 unspecified atom stereocenters. The van der Waals surface area contributed by atoms with Crippen LogP contribution in [0.4, 0.5) is 5.69 Å². The number of hydrogen-bond donors (Lipinski definition) is 1. The molecule has 1 amide bonds. The van der Waals surface area contributed by atoms with Gasteiger partial charge < -0.3 is 10.1 Å². The number of amides is 1. The van der Waals surface area contributed by atoms with Crippen molar-refractivity contribution in [2.24, 2.45) is 0 Å². The van der Waals surface area contributed by atoms with E-state index >= 15 is 0 Å². The largest absolute Gasteiger partial charge is 0.456 e. The number of benzene rings is 1. The number of esters is 1. The predicted molar refractivity (Wildman–Crippen MR) is 117 cm³/mol. The molecule has 4 aromatic rings. The molecule has 1 N–H and O–H groups in total. The summed E-state index contributed by atoms with van der Waals surface area (Å²) in [7, 11) is 0. The second kappa shape index (κ2) is 8.65. The van der Waals surface area contributed by atoms with Gasteiger partial charge in [-0.05, 0) is 50.1 Å². The first kappa shape index (κ1) is 20.7. The number of carbonyl (C=O) groups excluding carboxylic acids is 2. The van der Waals surface area contributed by atoms with E-state index in [9.17, 15) is 9.59 Å². The Labute approximate surface area is 182 Å². The number of thiazole rings is 1. The molecule has 1 aromatic carbocycles. The first-order valence-electron chi connectivity index (χ1n) is 9.68. The molecule has 0 fully saturated rings. The molecule has 0 aliphatic carbocycles. The van der Waals surface area contributed by atoms with Gasteiger partial charge in [-0.2, -0.15) is 0 Å². The number of rotatable bonds is 6. The molecule has 0 aliphatic rings. The molecule has 0 spiro atoms. The Hall–Kier alpha value is -3.59. The zero-order valence-corrected chi connectivity index (χ0v) is 18.2. The zero-order chi connectivity index (χ0) is 22.0. The summed E-state index contributed by atoms with van der Waals surface area (Å²) in [4.78, 5) is 29.2. The Morgan fingerprint density at radius 3 is 2.81 bits per heavy atom. The summed E-state index contributed by atoms with van der Waals surface area (Å²) in [5.41, 5.74) is 4.56. The maximum Gasteiger partial charge on any atom is 0.340 e. The Morgan fingerprint density at radius 2 is 1.97 bits per heavy atom. The highest BCUT2D eigenvalue weighted by Gasteiger charge is 2.13. The summed E-state index contributed by atoms with van der Waals surface area (Å²) < 4.78 is 7.10. The number of ether oxygens (including phenoxy) is 1. The molecule has 3 heterocycles. The normalized spacial score (nSPS) is 10.9. The molecule has 0 radical (unpaired) electrons. The number of nitrogens with zero attached hydrogens (tertiary/aromatic N) is 4. The van der Waals surface area contributed by atoms with E-state index in [2.05, 4.69) is 20.5 Å². The van der Waals surface area contributed by atoms with Crippen LogP contribution in [0.3, 0.4) is 0 Å². The highest BCUT2D eigenvalue weighted by Crippen LogP contribution is 2.18. The fraction of sp³-hybridized carbons (Fsp3) is 0.227. The summed E-state index contributed by atoms with van der Waals surface area (Å²) in [5, 5.41) is 13.3. The van der Waals surface area contributed by atoms with E-state index in [4.69, 9.17) is 4.74 Å². The number of carbonyl (C=O) groups is 2. The van der Waals surface area contributed by atoms with E-state index in [0.717, 1.165) is 16.8 Å². The molecule has 0 atom stereocenters. The molecule has 158 valence electrons. The number of nitrogens with one attached hydrogen (secondary N) is 1. The van der Waals surface area contributed by atoms with Crippen LogP contribution < -0.4 is 5.32 Å². The van der Waals surface area contributed by atoms with Crippen LogP contribution in [-0.2, 0) is 22.6 Å². The van der Waals surface area contributed by atoms with Crippen molar-refractivity contribution in [3.63, 3.8) is 0 Å². The van der Waals surface area contributed by atoms with Gasteiger partial charge in [0.1, 0.15) is 17.4 Å². The first-order valence-corrected chi connectivity index (χ1v) is 10.6. The molecule has 31 heavy (non-hydrogen) atoms. The standard InChI is InChI=1S/C22H21N5O3S/c1-13-4-5-14(2)18(8-13)24-20(28)9-21-23-17(12-31-21)11-30-22(29)16-6-7-19-26-25-15(3)27(19)10-16/h4-8,10,12H,9,11H2,1-3H3,(H,24,28). The molecule has 8 nitrogen and oxygen atoms in total. The highest BCUT2D eigenvalue weighted by molar-refractivity contribution is 7.09. The van der Waals surface area contributed by atoms with Crippen molar-refractivity contribution in [1.82, 2.24) is 19.6 Å². The van der Waals surface area contributed by atoms with Crippen LogP contribution in [0, 0.1) is 20.8 Å². The second-order valence-electron chi connectivity index (χ2n) is 7.25. The number of aromatic nitrogens is 4. The van der Waals surface area contributed by atoms with Crippen molar-refractivity contribution in [3.8, 4) is 0 Å². The molecule has 9 heteroatoms. The van der Waals surface area contributed by atoms with E-state index in [0.29, 0.717) is 27.7 Å². The van der Waals surface area contributed by atoms with E-state index in [1.54, 1.807) is 28.1 Å². The average Bonchev–Trinajstić information content (AvgIpc) is 3.35. The number of fused-ring (bicyclic) bond motifs is 1. The van der Waals surface area contributed by atoms with Gasteiger partial charge in [0, 0.05) is 17.3 Å². The van der Waals surface area contributed by atoms with Crippen LogP contribution in [0.25, 0.3) is 5.65 Å². The minimum absolute atomic E-state index is 0.0349. The van der Waals surface area contributed by atoms with Gasteiger partial charge in [-0.25, -0.2) is 9.78 Å². The fourth-order valence-electron chi connectivity index (χ4n) is 3.05. The van der Waals surface area contributed by atoms with Crippen molar-refractivity contribution in [2.45, 2.75) is 33.8 Å². The topological polar surface area (TPSA) is 98.5 Å². The highest BCUT2D eigenvalue weighted by atomic mass is 32.1. The number of aryl methyl sites for hydroxylation is 3. The Bertz CT molecular complexity index is 1280. The van der Waals surface area contributed by atoms with Crippen LogP contribution in [0.1, 0.15) is 38.0 Å². The minimum atomic E-state index is -0.461. The SMILES string of the molecule is Cc1ccc(C)c(NC(=O)Cc2nc(COC(=O)c3ccc4nnc(C)n4c3)cs2)c1. The molecular formula is C22H21N5O3S. The Balaban J connectivity index is 1.34. The third kappa shape index (κ3) is 4.77. The van der Waals surface area contributed by atoms with Crippen LogP contribution in [0.5, 0.6) is 0 Å². The van der Waals surface area contributed by atoms with Crippen LogP contribution in [0.15, 0.2) is 41.9 Å². The first-order chi connectivity index (χ1) is 14.9. The smallest absolute Gasteiger partial charge is 0.340 e. The summed E-state index contributed by atoms with van der Waals surface area (Å²) in [5.74, 6) is 0.0920. The third-order valence-electron chi connectivity index (χ3n) is 4.74. The van der Waals surface area contributed by atoms with E-state index in [-0.39, 0.29) is 18.9 Å². The van der Waals surface area contributed by atoms with Gasteiger partial charge in [-0.15, -0.1) is 21.5 Å². The predicted octanol–water partition coefficient (Wildman–Crippen LogP) is 3.65. The van der Waals surface area contributed by atoms with E-state index in [1.165, 1.54) is 11.3 Å². The zero-order valence-electron chi connectivity index (χ0n) is 17.4. The lowest BCUT2D eigenvalue weighted by molar-refractivity contribution is -0.115. The van der Waals surface area contributed by atoms with Crippen molar-refractivity contribution in [3.05, 3.63) is 75.1 Å².